The monoisotopic (exact) mass is 283 g/mol. The van der Waals surface area contributed by atoms with Crippen molar-refractivity contribution in [2.75, 3.05) is 13.1 Å². The number of aliphatic hydroxyl groups excluding tert-OH is 1. The molecule has 1 atom stereocenters. The zero-order valence-electron chi connectivity index (χ0n) is 10.9. The number of aliphatic carboxylic acids is 1. The molecule has 1 aliphatic heterocycles. The molecule has 2 rings (SSSR count). The number of likely N-dealkylation sites (tertiary alicyclic amines) is 1. The van der Waals surface area contributed by atoms with Gasteiger partial charge in [0, 0.05) is 13.1 Å². The third-order valence-electron chi connectivity index (χ3n) is 2.99. The first-order valence-electron chi connectivity index (χ1n) is 6.36. The molecule has 9 heteroatoms. The molecule has 1 saturated heterocycles. The molecule has 0 saturated carbocycles. The van der Waals surface area contributed by atoms with Gasteiger partial charge in [-0.2, -0.15) is 0 Å². The second-order valence-corrected chi connectivity index (χ2v) is 4.70. The van der Waals surface area contributed by atoms with Gasteiger partial charge in [-0.15, -0.1) is 5.10 Å². The average Bonchev–Trinajstić information content (AvgIpc) is 2.82. The lowest BCUT2D eigenvalue weighted by Gasteiger charge is -2.29. The van der Waals surface area contributed by atoms with Crippen molar-refractivity contribution >= 4 is 12.0 Å². The lowest BCUT2D eigenvalue weighted by atomic mass is 10.1. The van der Waals surface area contributed by atoms with E-state index in [1.54, 1.807) is 4.90 Å². The number of carbonyl (C=O) groups excluding carboxylic acids is 1. The minimum atomic E-state index is -1.01. The molecular formula is C11H17N5O4. The van der Waals surface area contributed by atoms with Crippen molar-refractivity contribution < 1.29 is 19.8 Å². The first-order chi connectivity index (χ1) is 9.54. The van der Waals surface area contributed by atoms with Crippen molar-refractivity contribution in [2.45, 2.75) is 32.0 Å². The summed E-state index contributed by atoms with van der Waals surface area (Å²) in [7, 11) is 0. The maximum Gasteiger partial charge on any atom is 0.325 e. The summed E-state index contributed by atoms with van der Waals surface area (Å²) in [6, 6.07) is -0.267. The lowest BCUT2D eigenvalue weighted by molar-refractivity contribution is -0.137. The van der Waals surface area contributed by atoms with Gasteiger partial charge in [-0.3, -0.25) is 4.79 Å². The van der Waals surface area contributed by atoms with Crippen molar-refractivity contribution in [3.8, 4) is 0 Å². The summed E-state index contributed by atoms with van der Waals surface area (Å²) in [6.45, 7) is 0.858. The lowest BCUT2D eigenvalue weighted by Crippen LogP contribution is -2.46. The molecule has 0 radical (unpaired) electrons. The van der Waals surface area contributed by atoms with E-state index in [0.29, 0.717) is 25.2 Å². The maximum absolute atomic E-state index is 11.9. The van der Waals surface area contributed by atoms with Gasteiger partial charge in [0.1, 0.15) is 12.2 Å². The Morgan fingerprint density at radius 1 is 1.50 bits per heavy atom. The van der Waals surface area contributed by atoms with Gasteiger partial charge in [0.05, 0.1) is 18.8 Å². The molecule has 1 aliphatic rings. The number of piperidine rings is 1. The maximum atomic E-state index is 11.9. The minimum absolute atomic E-state index is 0.172. The van der Waals surface area contributed by atoms with Gasteiger partial charge in [-0.05, 0) is 12.8 Å². The van der Waals surface area contributed by atoms with Gasteiger partial charge in [0.15, 0.2) is 0 Å². The molecule has 0 aromatic carbocycles. The molecule has 9 nitrogen and oxygen atoms in total. The van der Waals surface area contributed by atoms with Crippen LogP contribution in [0.1, 0.15) is 18.5 Å². The normalized spacial score (nSPS) is 18.9. The molecule has 3 N–H and O–H groups in total. The van der Waals surface area contributed by atoms with Gasteiger partial charge in [-0.1, -0.05) is 5.21 Å². The van der Waals surface area contributed by atoms with E-state index in [0.717, 1.165) is 6.42 Å². The van der Waals surface area contributed by atoms with Gasteiger partial charge in [0.2, 0.25) is 0 Å². The Kier molecular flexibility index (Phi) is 4.51. The van der Waals surface area contributed by atoms with Crippen LogP contribution in [-0.2, 0) is 17.9 Å². The Bertz CT molecular complexity index is 489. The zero-order chi connectivity index (χ0) is 14.5. The zero-order valence-corrected chi connectivity index (χ0v) is 10.9. The smallest absolute Gasteiger partial charge is 0.325 e. The summed E-state index contributed by atoms with van der Waals surface area (Å²) in [5.74, 6) is -1.01. The van der Waals surface area contributed by atoms with Crippen LogP contribution in [0.15, 0.2) is 6.20 Å². The molecule has 2 amide bonds. The summed E-state index contributed by atoms with van der Waals surface area (Å²) < 4.78 is 1.19. The molecule has 1 unspecified atom stereocenters. The van der Waals surface area contributed by atoms with Crippen molar-refractivity contribution in [3.05, 3.63) is 11.9 Å². The number of carbonyl (C=O) groups is 2. The molecule has 110 valence electrons. The van der Waals surface area contributed by atoms with E-state index < -0.39 is 12.1 Å². The van der Waals surface area contributed by atoms with Crippen molar-refractivity contribution in [1.29, 1.82) is 0 Å². The van der Waals surface area contributed by atoms with Crippen molar-refractivity contribution in [3.63, 3.8) is 0 Å². The SMILES string of the molecule is O=C(O)Cn1cc(CNC(=O)N2CCCC(O)C2)nn1. The summed E-state index contributed by atoms with van der Waals surface area (Å²) in [4.78, 5) is 23.9. The number of carboxylic acids is 1. The molecule has 0 aliphatic carbocycles. The molecule has 2 heterocycles. The fourth-order valence-corrected chi connectivity index (χ4v) is 2.05. The number of aliphatic hydroxyl groups is 1. The van der Waals surface area contributed by atoms with Crippen molar-refractivity contribution in [1.82, 2.24) is 25.2 Å². The highest BCUT2D eigenvalue weighted by Gasteiger charge is 2.21. The highest BCUT2D eigenvalue weighted by molar-refractivity contribution is 5.74. The van der Waals surface area contributed by atoms with E-state index in [4.69, 9.17) is 5.11 Å². The van der Waals surface area contributed by atoms with Crippen LogP contribution in [0, 0.1) is 0 Å². The van der Waals surface area contributed by atoms with Gasteiger partial charge in [-0.25, -0.2) is 9.48 Å². The number of rotatable bonds is 4. The van der Waals surface area contributed by atoms with E-state index in [1.807, 2.05) is 0 Å². The van der Waals surface area contributed by atoms with Gasteiger partial charge < -0.3 is 20.4 Å². The number of aromatic nitrogens is 3. The number of hydrogen-bond acceptors (Lipinski definition) is 5. The van der Waals surface area contributed by atoms with Crippen LogP contribution in [0.5, 0.6) is 0 Å². The molecular weight excluding hydrogens is 266 g/mol. The molecule has 20 heavy (non-hydrogen) atoms. The quantitative estimate of drug-likeness (QED) is 0.653. The summed E-state index contributed by atoms with van der Waals surface area (Å²) in [6.07, 6.45) is 2.50. The van der Waals surface area contributed by atoms with Crippen LogP contribution in [0.25, 0.3) is 0 Å². The van der Waals surface area contributed by atoms with E-state index in [2.05, 4.69) is 15.6 Å². The number of nitrogens with zero attached hydrogens (tertiary/aromatic N) is 4. The number of carboxylic acid groups (broad SMARTS) is 1. The van der Waals surface area contributed by atoms with Crippen LogP contribution in [0.4, 0.5) is 4.79 Å². The molecule has 1 aromatic heterocycles. The van der Waals surface area contributed by atoms with E-state index in [-0.39, 0.29) is 19.1 Å². The molecule has 0 spiro atoms. The summed E-state index contributed by atoms with van der Waals surface area (Å²) in [5.41, 5.74) is 0.483. The van der Waals surface area contributed by atoms with Crippen LogP contribution >= 0.6 is 0 Å². The van der Waals surface area contributed by atoms with E-state index >= 15 is 0 Å². The highest BCUT2D eigenvalue weighted by Crippen LogP contribution is 2.09. The predicted octanol–water partition coefficient (Wildman–Crippen LogP) is -0.971. The van der Waals surface area contributed by atoms with E-state index in [1.165, 1.54) is 10.9 Å². The van der Waals surface area contributed by atoms with Crippen LogP contribution < -0.4 is 5.32 Å². The van der Waals surface area contributed by atoms with Crippen LogP contribution in [0.2, 0.25) is 0 Å². The number of amides is 2. The van der Waals surface area contributed by atoms with Crippen molar-refractivity contribution in [2.24, 2.45) is 0 Å². The van der Waals surface area contributed by atoms with Crippen LogP contribution in [0.3, 0.4) is 0 Å². The highest BCUT2D eigenvalue weighted by atomic mass is 16.4. The minimum Gasteiger partial charge on any atom is -0.480 e. The Balaban J connectivity index is 1.80. The number of nitrogens with one attached hydrogen (secondary N) is 1. The number of urea groups is 1. The summed E-state index contributed by atoms with van der Waals surface area (Å²) >= 11 is 0. The molecule has 0 bridgehead atoms. The Labute approximate surface area is 115 Å². The largest absolute Gasteiger partial charge is 0.480 e. The van der Waals surface area contributed by atoms with Crippen LogP contribution in [-0.4, -0.2) is 61.3 Å². The fraction of sp³-hybridized carbons (Fsp3) is 0.636. The Morgan fingerprint density at radius 3 is 3.00 bits per heavy atom. The third-order valence-corrected chi connectivity index (χ3v) is 2.99. The Hall–Kier alpha value is -2.16. The van der Waals surface area contributed by atoms with Gasteiger partial charge >= 0.3 is 12.0 Å². The first-order valence-corrected chi connectivity index (χ1v) is 6.36. The van der Waals surface area contributed by atoms with E-state index in [9.17, 15) is 14.7 Å². The second kappa shape index (κ2) is 6.33. The Morgan fingerprint density at radius 2 is 2.30 bits per heavy atom. The predicted molar refractivity (Wildman–Crippen MR) is 66.7 cm³/mol. The van der Waals surface area contributed by atoms with Gasteiger partial charge in [0.25, 0.3) is 0 Å². The number of hydrogen-bond donors (Lipinski definition) is 3. The standard InChI is InChI=1S/C11H17N5O4/c17-9-2-1-3-15(6-9)11(20)12-4-8-5-16(14-13-8)7-10(18)19/h5,9,17H,1-4,6-7H2,(H,12,20)(H,18,19). The first kappa shape index (κ1) is 14.3. The molecule has 1 aromatic rings. The number of β-amino-alcohol motifs (C(OH)–C–C–N with tert-alkyl or cyclic N) is 1. The molecule has 1 fully saturated rings. The topological polar surface area (TPSA) is 121 Å². The fourth-order valence-electron chi connectivity index (χ4n) is 2.05. The third kappa shape index (κ3) is 3.92. The second-order valence-electron chi connectivity index (χ2n) is 4.70. The summed E-state index contributed by atoms with van der Waals surface area (Å²) in [5, 5.41) is 28.2. The average molecular weight is 283 g/mol.